The number of hydrogen-bond acceptors (Lipinski definition) is 7. The van der Waals surface area contributed by atoms with Crippen LogP contribution in [0, 0.1) is 17.6 Å². The maximum absolute atomic E-state index is 14.4. The molecule has 0 spiro atoms. The van der Waals surface area contributed by atoms with Crippen LogP contribution in [0.5, 0.6) is 0 Å². The fourth-order valence-electron chi connectivity index (χ4n) is 5.05. The van der Waals surface area contributed by atoms with Crippen LogP contribution in [0.25, 0.3) is 11.2 Å². The Morgan fingerprint density at radius 3 is 2.58 bits per heavy atom. The van der Waals surface area contributed by atoms with Gasteiger partial charge in [0.1, 0.15) is 29.0 Å². The number of alkyl halides is 1. The van der Waals surface area contributed by atoms with Crippen LogP contribution in [-0.2, 0) is 9.53 Å². The number of carbonyl (C=O) groups is 1. The first-order valence-electron chi connectivity index (χ1n) is 12.1. The molecule has 1 aromatic carbocycles. The normalized spacial score (nSPS) is 24.5. The highest BCUT2D eigenvalue weighted by Gasteiger charge is 2.29. The van der Waals surface area contributed by atoms with Gasteiger partial charge in [-0.1, -0.05) is 6.07 Å². The Hall–Kier alpha value is -3.41. The average molecular weight is 504 g/mol. The van der Waals surface area contributed by atoms with Crippen molar-refractivity contribution in [3.8, 4) is 0 Å². The summed E-state index contributed by atoms with van der Waals surface area (Å²) < 4.78 is 50.1. The van der Waals surface area contributed by atoms with Gasteiger partial charge in [0.25, 0.3) is 0 Å². The quantitative estimate of drug-likeness (QED) is 0.446. The van der Waals surface area contributed by atoms with E-state index in [0.717, 1.165) is 25.0 Å². The van der Waals surface area contributed by atoms with E-state index in [4.69, 9.17) is 10.5 Å². The molecule has 1 saturated heterocycles. The van der Waals surface area contributed by atoms with Crippen molar-refractivity contribution in [1.82, 2.24) is 19.5 Å². The number of nitrogens with two attached hydrogens (primary N) is 1. The van der Waals surface area contributed by atoms with Gasteiger partial charge in [0.05, 0.1) is 18.8 Å². The standard InChI is InChI=1S/C24H28F3N7O2/c25-15-2-1-3-16(26)21(15)32-24-31-19-11-29-23(30-18-8-9-36-12-17(18)27)33-22(19)34(24)14-6-4-13(5-7-14)10-20(28)35/h1-3,11,13-14,17-18H,4-10,12H2,(H2,28,35)(H,31,32)(H,29,30,33)/t13?,14?,17-,18+/m1/s1. The van der Waals surface area contributed by atoms with Crippen molar-refractivity contribution in [3.05, 3.63) is 36.0 Å². The predicted octanol–water partition coefficient (Wildman–Crippen LogP) is 3.99. The van der Waals surface area contributed by atoms with E-state index in [2.05, 4.69) is 25.6 Å². The molecule has 1 aliphatic carbocycles. The third-order valence-electron chi connectivity index (χ3n) is 6.90. The van der Waals surface area contributed by atoms with Crippen molar-refractivity contribution in [1.29, 1.82) is 0 Å². The first kappa shape index (κ1) is 24.3. The molecule has 2 fully saturated rings. The molecule has 2 aliphatic rings. The van der Waals surface area contributed by atoms with Crippen molar-refractivity contribution in [2.45, 2.75) is 56.8 Å². The molecule has 36 heavy (non-hydrogen) atoms. The Bertz CT molecular complexity index is 1230. The molecule has 12 heteroatoms. The summed E-state index contributed by atoms with van der Waals surface area (Å²) in [5, 5.41) is 5.86. The van der Waals surface area contributed by atoms with Crippen molar-refractivity contribution >= 4 is 34.7 Å². The molecule has 5 rings (SSSR count). The number of para-hydroxylation sites is 1. The van der Waals surface area contributed by atoms with Crippen molar-refractivity contribution < 1.29 is 22.7 Å². The topological polar surface area (TPSA) is 120 Å². The van der Waals surface area contributed by atoms with E-state index >= 15 is 0 Å². The van der Waals surface area contributed by atoms with Gasteiger partial charge in [-0.25, -0.2) is 23.1 Å². The Labute approximate surface area is 205 Å². The zero-order chi connectivity index (χ0) is 25.2. The Balaban J connectivity index is 1.49. The van der Waals surface area contributed by atoms with Crippen LogP contribution < -0.4 is 16.4 Å². The number of anilines is 3. The number of carbonyl (C=O) groups excluding carboxylic acids is 1. The van der Waals surface area contributed by atoms with Crippen LogP contribution in [0.1, 0.15) is 44.6 Å². The number of primary amides is 1. The van der Waals surface area contributed by atoms with Gasteiger partial charge in [-0.3, -0.25) is 9.36 Å². The van der Waals surface area contributed by atoms with Gasteiger partial charge in [-0.15, -0.1) is 0 Å². The van der Waals surface area contributed by atoms with E-state index in [0.29, 0.717) is 43.5 Å². The van der Waals surface area contributed by atoms with Crippen LogP contribution in [0.4, 0.5) is 30.8 Å². The highest BCUT2D eigenvalue weighted by atomic mass is 19.1. The smallest absolute Gasteiger partial charge is 0.225 e. The lowest BCUT2D eigenvalue weighted by Crippen LogP contribution is -2.39. The summed E-state index contributed by atoms with van der Waals surface area (Å²) >= 11 is 0. The summed E-state index contributed by atoms with van der Waals surface area (Å²) in [6.07, 6.45) is 4.07. The number of benzene rings is 1. The molecular weight excluding hydrogens is 475 g/mol. The number of ether oxygens (including phenoxy) is 1. The van der Waals surface area contributed by atoms with Crippen LogP contribution in [0.3, 0.4) is 0 Å². The molecule has 0 radical (unpaired) electrons. The first-order valence-corrected chi connectivity index (χ1v) is 12.1. The molecule has 0 unspecified atom stereocenters. The number of nitrogens with one attached hydrogen (secondary N) is 2. The molecule has 1 aliphatic heterocycles. The molecule has 4 N–H and O–H groups in total. The minimum Gasteiger partial charge on any atom is -0.378 e. The van der Waals surface area contributed by atoms with Crippen molar-refractivity contribution in [2.75, 3.05) is 23.8 Å². The van der Waals surface area contributed by atoms with Gasteiger partial charge in [-0.2, -0.15) is 4.98 Å². The minimum absolute atomic E-state index is 0.00859. The van der Waals surface area contributed by atoms with Gasteiger partial charge in [-0.05, 0) is 50.2 Å². The number of halogens is 3. The summed E-state index contributed by atoms with van der Waals surface area (Å²) in [6.45, 7) is 0.448. The first-order chi connectivity index (χ1) is 17.4. The van der Waals surface area contributed by atoms with Gasteiger partial charge >= 0.3 is 0 Å². The fourth-order valence-corrected chi connectivity index (χ4v) is 5.05. The summed E-state index contributed by atoms with van der Waals surface area (Å²) in [4.78, 5) is 24.8. The number of rotatable bonds is 7. The average Bonchev–Trinajstić information content (AvgIpc) is 3.20. The lowest BCUT2D eigenvalue weighted by atomic mass is 9.84. The number of amides is 1. The predicted molar refractivity (Wildman–Crippen MR) is 128 cm³/mol. The maximum Gasteiger partial charge on any atom is 0.225 e. The Kier molecular flexibility index (Phi) is 6.95. The molecule has 9 nitrogen and oxygen atoms in total. The maximum atomic E-state index is 14.4. The van der Waals surface area contributed by atoms with Crippen LogP contribution in [-0.4, -0.2) is 50.9 Å². The number of imidazole rings is 1. The number of nitrogens with zero attached hydrogens (tertiary/aromatic N) is 4. The zero-order valence-corrected chi connectivity index (χ0v) is 19.6. The van der Waals surface area contributed by atoms with Gasteiger partial charge in [0, 0.05) is 19.1 Å². The lowest BCUT2D eigenvalue weighted by molar-refractivity contribution is -0.119. The second kappa shape index (κ2) is 10.3. The van der Waals surface area contributed by atoms with E-state index in [9.17, 15) is 18.0 Å². The van der Waals surface area contributed by atoms with Crippen LogP contribution in [0.2, 0.25) is 0 Å². The van der Waals surface area contributed by atoms with Gasteiger partial charge < -0.3 is 21.1 Å². The molecule has 3 aromatic rings. The van der Waals surface area contributed by atoms with E-state index in [1.54, 1.807) is 0 Å². The second-order valence-corrected chi connectivity index (χ2v) is 9.40. The van der Waals surface area contributed by atoms with Crippen molar-refractivity contribution in [3.63, 3.8) is 0 Å². The molecule has 1 saturated carbocycles. The van der Waals surface area contributed by atoms with Crippen LogP contribution in [0.15, 0.2) is 24.4 Å². The summed E-state index contributed by atoms with van der Waals surface area (Å²) in [7, 11) is 0. The molecule has 1 amide bonds. The Morgan fingerprint density at radius 1 is 1.14 bits per heavy atom. The van der Waals surface area contributed by atoms with Crippen molar-refractivity contribution in [2.24, 2.45) is 11.7 Å². The highest BCUT2D eigenvalue weighted by Crippen LogP contribution is 2.38. The molecule has 2 aromatic heterocycles. The van der Waals surface area contributed by atoms with E-state index in [1.165, 1.54) is 12.3 Å². The minimum atomic E-state index is -1.19. The van der Waals surface area contributed by atoms with Crippen LogP contribution >= 0.6 is 0 Å². The van der Waals surface area contributed by atoms with E-state index in [-0.39, 0.29) is 42.1 Å². The van der Waals surface area contributed by atoms with E-state index in [1.807, 2.05) is 4.57 Å². The summed E-state index contributed by atoms with van der Waals surface area (Å²) in [5.41, 5.74) is 5.96. The molecule has 2 atom stereocenters. The summed E-state index contributed by atoms with van der Waals surface area (Å²) in [5.74, 6) is -1.17. The number of hydrogen-bond donors (Lipinski definition) is 3. The van der Waals surface area contributed by atoms with Gasteiger partial charge in [0.2, 0.25) is 17.8 Å². The van der Waals surface area contributed by atoms with Gasteiger partial charge in [0.15, 0.2) is 5.65 Å². The third-order valence-corrected chi connectivity index (χ3v) is 6.90. The summed E-state index contributed by atoms with van der Waals surface area (Å²) in [6, 6.07) is 3.04. The Morgan fingerprint density at radius 2 is 1.89 bits per heavy atom. The molecule has 3 heterocycles. The largest absolute Gasteiger partial charge is 0.378 e. The number of aromatic nitrogens is 4. The molecule has 192 valence electrons. The SMILES string of the molecule is NC(=O)CC1CCC(n2c(Nc3c(F)cccc3F)nc3cnc(N[C@H]4CCOC[C@H]4F)nc32)CC1. The lowest BCUT2D eigenvalue weighted by Gasteiger charge is -2.30. The van der Waals surface area contributed by atoms with E-state index < -0.39 is 23.8 Å². The fraction of sp³-hybridized carbons (Fsp3) is 0.500. The monoisotopic (exact) mass is 503 g/mol. The number of fused-ring (bicyclic) bond motifs is 1. The third kappa shape index (κ3) is 5.08. The highest BCUT2D eigenvalue weighted by molar-refractivity contribution is 5.77. The molecule has 0 bridgehead atoms. The zero-order valence-electron chi connectivity index (χ0n) is 19.6. The second-order valence-electron chi connectivity index (χ2n) is 9.40. The molecular formula is C24H28F3N7O2.